The number of carbonyl (C=O) groups excluding carboxylic acids is 3. The maximum atomic E-state index is 13.0. The van der Waals surface area contributed by atoms with Crippen molar-refractivity contribution >= 4 is 34.9 Å². The standard InChI is InChI=1S/C25H32N6O5/c1-7-17-20(35-15(3)28-17)22(33)30-23-29-18-13-16(21(26)32)12-14(2)19(18)31(23)11-9-8-10-27-24(34)36-25(4,5)6/h8-9,12-13H,7,10-11H2,1-6H3,(H2,26,32)(H,27,34)(H,29,30,33)/b9-8+. The molecule has 0 fully saturated rings. The van der Waals surface area contributed by atoms with Crippen LogP contribution >= 0.6 is 0 Å². The number of amides is 3. The number of rotatable bonds is 8. The topological polar surface area (TPSA) is 154 Å². The van der Waals surface area contributed by atoms with Crippen LogP contribution in [0.3, 0.4) is 0 Å². The largest absolute Gasteiger partial charge is 0.444 e. The van der Waals surface area contributed by atoms with E-state index in [0.29, 0.717) is 35.6 Å². The number of aryl methyl sites for hydroxylation is 3. The summed E-state index contributed by atoms with van der Waals surface area (Å²) in [5.41, 5.74) is 7.74. The summed E-state index contributed by atoms with van der Waals surface area (Å²) in [6, 6.07) is 3.26. The van der Waals surface area contributed by atoms with E-state index in [4.69, 9.17) is 14.9 Å². The van der Waals surface area contributed by atoms with E-state index in [1.54, 1.807) is 50.5 Å². The highest BCUT2D eigenvalue weighted by atomic mass is 16.6. The highest BCUT2D eigenvalue weighted by Gasteiger charge is 2.22. The van der Waals surface area contributed by atoms with Gasteiger partial charge in [0.15, 0.2) is 5.89 Å². The quantitative estimate of drug-likeness (QED) is 0.402. The molecule has 36 heavy (non-hydrogen) atoms. The summed E-state index contributed by atoms with van der Waals surface area (Å²) in [6.07, 6.45) is 3.61. The number of nitrogens with two attached hydrogens (primary N) is 1. The fourth-order valence-corrected chi connectivity index (χ4v) is 3.66. The van der Waals surface area contributed by atoms with Crippen LogP contribution in [0, 0.1) is 13.8 Å². The molecule has 0 radical (unpaired) electrons. The molecule has 0 aliphatic rings. The Morgan fingerprint density at radius 3 is 2.53 bits per heavy atom. The van der Waals surface area contributed by atoms with Crippen molar-refractivity contribution in [2.75, 3.05) is 11.9 Å². The molecular formula is C25H32N6O5. The maximum Gasteiger partial charge on any atom is 0.407 e. The van der Waals surface area contributed by atoms with Crippen LogP contribution in [-0.4, -0.2) is 44.6 Å². The minimum atomic E-state index is -0.586. The van der Waals surface area contributed by atoms with E-state index in [2.05, 4.69) is 20.6 Å². The fourth-order valence-electron chi connectivity index (χ4n) is 3.66. The first kappa shape index (κ1) is 26.5. The van der Waals surface area contributed by atoms with Crippen molar-refractivity contribution in [3.63, 3.8) is 0 Å². The highest BCUT2D eigenvalue weighted by Crippen LogP contribution is 2.26. The Kier molecular flexibility index (Phi) is 7.81. The zero-order valence-corrected chi connectivity index (χ0v) is 21.4. The first-order valence-corrected chi connectivity index (χ1v) is 11.6. The smallest absolute Gasteiger partial charge is 0.407 e. The molecular weight excluding hydrogens is 464 g/mol. The minimum Gasteiger partial charge on any atom is -0.444 e. The van der Waals surface area contributed by atoms with Crippen LogP contribution in [0.4, 0.5) is 10.7 Å². The number of allylic oxidation sites excluding steroid dienone is 1. The van der Waals surface area contributed by atoms with Crippen molar-refractivity contribution in [2.24, 2.45) is 5.73 Å². The number of carbonyl (C=O) groups is 3. The Bertz CT molecular complexity index is 1330. The van der Waals surface area contributed by atoms with Crippen LogP contribution in [0.15, 0.2) is 28.7 Å². The number of oxazole rings is 1. The SMILES string of the molecule is CCc1nc(C)oc1C(=O)Nc1nc2cc(C(N)=O)cc(C)c2n1C/C=C/CNC(=O)OC(C)(C)C. The number of alkyl carbamates (subject to hydrolysis) is 1. The average molecular weight is 497 g/mol. The number of imidazole rings is 1. The van der Waals surface area contributed by atoms with Gasteiger partial charge in [0.2, 0.25) is 17.6 Å². The predicted molar refractivity (Wildman–Crippen MR) is 135 cm³/mol. The molecule has 0 atom stereocenters. The van der Waals surface area contributed by atoms with E-state index >= 15 is 0 Å². The van der Waals surface area contributed by atoms with Crippen LogP contribution in [0.25, 0.3) is 11.0 Å². The summed E-state index contributed by atoms with van der Waals surface area (Å²) in [7, 11) is 0. The molecule has 0 aliphatic carbocycles. The van der Waals surface area contributed by atoms with Crippen LogP contribution < -0.4 is 16.4 Å². The molecule has 0 bridgehead atoms. The molecule has 2 heterocycles. The lowest BCUT2D eigenvalue weighted by molar-refractivity contribution is 0.0533. The number of anilines is 1. The number of fused-ring (bicyclic) bond motifs is 1. The van der Waals surface area contributed by atoms with E-state index < -0.39 is 23.5 Å². The lowest BCUT2D eigenvalue weighted by atomic mass is 10.1. The van der Waals surface area contributed by atoms with E-state index in [1.165, 1.54) is 0 Å². The van der Waals surface area contributed by atoms with Gasteiger partial charge in [-0.3, -0.25) is 14.9 Å². The highest BCUT2D eigenvalue weighted by molar-refractivity contribution is 6.03. The molecule has 3 rings (SSSR count). The summed E-state index contributed by atoms with van der Waals surface area (Å²) in [6.45, 7) is 11.3. The third-order valence-corrected chi connectivity index (χ3v) is 5.11. The first-order chi connectivity index (χ1) is 16.9. The molecule has 3 aromatic rings. The Balaban J connectivity index is 1.89. The van der Waals surface area contributed by atoms with Crippen molar-refractivity contribution in [1.29, 1.82) is 0 Å². The number of nitrogens with one attached hydrogen (secondary N) is 2. The van der Waals surface area contributed by atoms with Gasteiger partial charge in [-0.1, -0.05) is 19.1 Å². The first-order valence-electron chi connectivity index (χ1n) is 11.6. The summed E-state index contributed by atoms with van der Waals surface area (Å²) in [4.78, 5) is 45.4. The Morgan fingerprint density at radius 2 is 1.89 bits per heavy atom. The van der Waals surface area contributed by atoms with Gasteiger partial charge in [-0.2, -0.15) is 0 Å². The summed E-state index contributed by atoms with van der Waals surface area (Å²) in [5.74, 6) is -0.265. The fraction of sp³-hybridized carbons (Fsp3) is 0.400. The Labute approximate surface area is 209 Å². The normalized spacial score (nSPS) is 11.7. The second-order valence-corrected chi connectivity index (χ2v) is 9.24. The van der Waals surface area contributed by atoms with Crippen molar-refractivity contribution in [3.05, 3.63) is 52.8 Å². The van der Waals surface area contributed by atoms with Crippen molar-refractivity contribution in [3.8, 4) is 0 Å². The number of primary amides is 1. The zero-order valence-electron chi connectivity index (χ0n) is 21.4. The van der Waals surface area contributed by atoms with Gasteiger partial charge in [-0.15, -0.1) is 0 Å². The van der Waals surface area contributed by atoms with Crippen LogP contribution in [0.1, 0.15) is 65.8 Å². The van der Waals surface area contributed by atoms with Gasteiger partial charge < -0.3 is 24.8 Å². The van der Waals surface area contributed by atoms with Gasteiger partial charge in [0.25, 0.3) is 5.91 Å². The molecule has 2 aromatic heterocycles. The van der Waals surface area contributed by atoms with Gasteiger partial charge in [0.1, 0.15) is 5.60 Å². The maximum absolute atomic E-state index is 13.0. The lowest BCUT2D eigenvalue weighted by Crippen LogP contribution is -2.32. The van der Waals surface area contributed by atoms with E-state index in [1.807, 2.05) is 19.9 Å². The van der Waals surface area contributed by atoms with Gasteiger partial charge in [0, 0.05) is 25.6 Å². The van der Waals surface area contributed by atoms with Crippen molar-refractivity contribution < 1.29 is 23.5 Å². The molecule has 11 heteroatoms. The molecule has 0 saturated heterocycles. The van der Waals surface area contributed by atoms with E-state index in [0.717, 1.165) is 11.1 Å². The number of nitrogens with zero attached hydrogens (tertiary/aromatic N) is 3. The minimum absolute atomic E-state index is 0.125. The number of aromatic nitrogens is 3. The Hall–Kier alpha value is -4.15. The van der Waals surface area contributed by atoms with E-state index in [9.17, 15) is 14.4 Å². The molecule has 4 N–H and O–H groups in total. The molecule has 3 amide bonds. The molecule has 0 saturated carbocycles. The summed E-state index contributed by atoms with van der Waals surface area (Å²) >= 11 is 0. The number of hydrogen-bond donors (Lipinski definition) is 3. The molecule has 11 nitrogen and oxygen atoms in total. The van der Waals surface area contributed by atoms with Crippen molar-refractivity contribution in [1.82, 2.24) is 19.9 Å². The third kappa shape index (κ3) is 6.29. The summed E-state index contributed by atoms with van der Waals surface area (Å²) < 4.78 is 12.5. The van der Waals surface area contributed by atoms with Crippen LogP contribution in [-0.2, 0) is 17.7 Å². The number of ether oxygens (including phenoxy) is 1. The number of hydrogen-bond acceptors (Lipinski definition) is 7. The third-order valence-electron chi connectivity index (χ3n) is 5.11. The molecule has 0 unspecified atom stereocenters. The molecule has 0 spiro atoms. The van der Waals surface area contributed by atoms with Gasteiger partial charge in [-0.05, 0) is 51.8 Å². The molecule has 192 valence electrons. The van der Waals surface area contributed by atoms with Gasteiger partial charge in [-0.25, -0.2) is 14.8 Å². The van der Waals surface area contributed by atoms with E-state index in [-0.39, 0.29) is 18.3 Å². The monoisotopic (exact) mass is 496 g/mol. The van der Waals surface area contributed by atoms with Gasteiger partial charge in [0.05, 0.1) is 16.7 Å². The predicted octanol–water partition coefficient (Wildman–Crippen LogP) is 3.64. The van der Waals surface area contributed by atoms with Crippen molar-refractivity contribution in [2.45, 2.75) is 60.1 Å². The molecule has 1 aromatic carbocycles. The zero-order chi connectivity index (χ0) is 26.6. The number of benzene rings is 1. The summed E-state index contributed by atoms with van der Waals surface area (Å²) in [5, 5.41) is 5.46. The second-order valence-electron chi connectivity index (χ2n) is 9.24. The Morgan fingerprint density at radius 1 is 1.17 bits per heavy atom. The molecule has 0 aliphatic heterocycles. The average Bonchev–Trinajstić information content (AvgIpc) is 3.32. The van der Waals surface area contributed by atoms with Crippen LogP contribution in [0.2, 0.25) is 0 Å². The van der Waals surface area contributed by atoms with Crippen LogP contribution in [0.5, 0.6) is 0 Å². The lowest BCUT2D eigenvalue weighted by Gasteiger charge is -2.19. The second kappa shape index (κ2) is 10.6. The van der Waals surface area contributed by atoms with Gasteiger partial charge >= 0.3 is 6.09 Å².